The van der Waals surface area contributed by atoms with E-state index in [2.05, 4.69) is 5.32 Å². The smallest absolute Gasteiger partial charge is 0.326 e. The quantitative estimate of drug-likeness (QED) is 0.485. The number of hydrogen-bond donors (Lipinski definition) is 2. The summed E-state index contributed by atoms with van der Waals surface area (Å²) in [4.78, 5) is 23.2. The summed E-state index contributed by atoms with van der Waals surface area (Å²) >= 11 is 0. The maximum Gasteiger partial charge on any atom is 0.326 e. The molecule has 0 heterocycles. The van der Waals surface area contributed by atoms with Gasteiger partial charge < -0.3 is 10.4 Å². The molecule has 0 fully saturated rings. The molecule has 1 atom stereocenters. The number of carboxylic acids is 1. The van der Waals surface area contributed by atoms with Gasteiger partial charge in [-0.15, -0.1) is 0 Å². The maximum atomic E-state index is 11.9. The van der Waals surface area contributed by atoms with Gasteiger partial charge in [0.2, 0.25) is 5.91 Å². The SMILES string of the molecule is CC=CC=CC=CC=CC=CC=CC(=O)N[C@@H](Cc1ccccc1)C(=O)O. The lowest BCUT2D eigenvalue weighted by atomic mass is 10.1. The van der Waals surface area contributed by atoms with E-state index in [0.717, 1.165) is 5.56 Å². The fraction of sp³-hybridized carbons (Fsp3) is 0.130. The molecule has 0 spiro atoms. The van der Waals surface area contributed by atoms with Crippen molar-refractivity contribution >= 4 is 11.9 Å². The van der Waals surface area contributed by atoms with E-state index in [-0.39, 0.29) is 6.42 Å². The number of rotatable bonds is 10. The summed E-state index contributed by atoms with van der Waals surface area (Å²) in [5.41, 5.74) is 0.854. The van der Waals surface area contributed by atoms with Crippen LogP contribution in [0.3, 0.4) is 0 Å². The first kappa shape index (κ1) is 21.6. The van der Waals surface area contributed by atoms with Crippen LogP contribution in [0.2, 0.25) is 0 Å². The van der Waals surface area contributed by atoms with E-state index in [9.17, 15) is 14.7 Å². The van der Waals surface area contributed by atoms with Gasteiger partial charge in [-0.25, -0.2) is 4.79 Å². The largest absolute Gasteiger partial charge is 0.480 e. The van der Waals surface area contributed by atoms with E-state index in [0.29, 0.717) is 0 Å². The first-order valence-corrected chi connectivity index (χ1v) is 8.66. The van der Waals surface area contributed by atoms with Crippen LogP contribution in [0.25, 0.3) is 0 Å². The Morgan fingerprint density at radius 3 is 1.93 bits per heavy atom. The Morgan fingerprint density at radius 1 is 0.889 bits per heavy atom. The average molecular weight is 363 g/mol. The first-order chi connectivity index (χ1) is 13.1. The van der Waals surface area contributed by atoms with E-state index >= 15 is 0 Å². The van der Waals surface area contributed by atoms with Crippen molar-refractivity contribution in [2.75, 3.05) is 0 Å². The highest BCUT2D eigenvalue weighted by atomic mass is 16.4. The highest BCUT2D eigenvalue weighted by Crippen LogP contribution is 2.03. The fourth-order valence-electron chi connectivity index (χ4n) is 2.04. The molecule has 0 aliphatic heterocycles. The standard InChI is InChI=1S/C23H25NO3/c1-2-3-4-5-6-7-8-9-10-11-15-18-22(25)24-21(23(26)27)19-20-16-13-12-14-17-20/h2-18,21H,19H2,1H3,(H,24,25)(H,26,27)/t21-/m0/s1. The molecule has 0 aliphatic carbocycles. The van der Waals surface area contributed by atoms with Crippen LogP contribution in [0.5, 0.6) is 0 Å². The van der Waals surface area contributed by atoms with Gasteiger partial charge >= 0.3 is 5.97 Å². The maximum absolute atomic E-state index is 11.9. The number of aliphatic carboxylic acids is 1. The van der Waals surface area contributed by atoms with Crippen LogP contribution in [-0.4, -0.2) is 23.0 Å². The van der Waals surface area contributed by atoms with Crippen molar-refractivity contribution in [2.45, 2.75) is 19.4 Å². The second-order valence-corrected chi connectivity index (χ2v) is 5.51. The van der Waals surface area contributed by atoms with Gasteiger partial charge in [0, 0.05) is 12.5 Å². The van der Waals surface area contributed by atoms with Gasteiger partial charge in [-0.05, 0) is 12.5 Å². The van der Waals surface area contributed by atoms with E-state index in [1.54, 1.807) is 18.2 Å². The molecule has 0 aliphatic rings. The molecule has 0 saturated carbocycles. The zero-order valence-electron chi connectivity index (χ0n) is 15.4. The zero-order chi connectivity index (χ0) is 19.7. The summed E-state index contributed by atoms with van der Waals surface area (Å²) in [7, 11) is 0. The molecule has 1 aromatic rings. The highest BCUT2D eigenvalue weighted by Gasteiger charge is 2.19. The first-order valence-electron chi connectivity index (χ1n) is 8.66. The van der Waals surface area contributed by atoms with Gasteiger partial charge in [0.15, 0.2) is 0 Å². The molecule has 27 heavy (non-hydrogen) atoms. The number of carboxylic acid groups (broad SMARTS) is 1. The molecule has 0 unspecified atom stereocenters. The number of carbonyl (C=O) groups is 2. The van der Waals surface area contributed by atoms with E-state index in [1.165, 1.54) is 6.08 Å². The minimum Gasteiger partial charge on any atom is -0.480 e. The Morgan fingerprint density at radius 2 is 1.41 bits per heavy atom. The second kappa shape index (κ2) is 13.8. The molecule has 0 bridgehead atoms. The Balaban J connectivity index is 2.43. The third-order valence-electron chi connectivity index (χ3n) is 3.34. The minimum absolute atomic E-state index is 0.239. The number of amides is 1. The third-order valence-corrected chi connectivity index (χ3v) is 3.34. The molecule has 1 aromatic carbocycles. The highest BCUT2D eigenvalue weighted by molar-refractivity contribution is 5.91. The molecule has 4 nitrogen and oxygen atoms in total. The predicted molar refractivity (Wildman–Crippen MR) is 110 cm³/mol. The zero-order valence-corrected chi connectivity index (χ0v) is 15.4. The summed E-state index contributed by atoms with van der Waals surface area (Å²) in [6, 6.07) is 8.23. The topological polar surface area (TPSA) is 66.4 Å². The summed E-state index contributed by atoms with van der Waals surface area (Å²) in [6.45, 7) is 1.96. The number of hydrogen-bond acceptors (Lipinski definition) is 2. The van der Waals surface area contributed by atoms with Crippen LogP contribution < -0.4 is 5.32 Å². The van der Waals surface area contributed by atoms with Crippen molar-refractivity contribution in [1.29, 1.82) is 0 Å². The summed E-state index contributed by atoms with van der Waals surface area (Å²) < 4.78 is 0. The van der Waals surface area contributed by atoms with Gasteiger partial charge in [-0.3, -0.25) is 4.79 Å². The lowest BCUT2D eigenvalue weighted by Gasteiger charge is -2.13. The van der Waals surface area contributed by atoms with Crippen LogP contribution in [0.1, 0.15) is 12.5 Å². The predicted octanol–water partition coefficient (Wildman–Crippen LogP) is 4.16. The monoisotopic (exact) mass is 363 g/mol. The van der Waals surface area contributed by atoms with E-state index in [1.807, 2.05) is 85.9 Å². The average Bonchev–Trinajstić information content (AvgIpc) is 2.66. The molecule has 2 N–H and O–H groups in total. The summed E-state index contributed by atoms with van der Waals surface area (Å²) in [6.07, 6.45) is 21.8. The number of benzene rings is 1. The Hall–Kier alpha value is -3.40. The van der Waals surface area contributed by atoms with Crippen LogP contribution in [0.4, 0.5) is 0 Å². The van der Waals surface area contributed by atoms with Crippen LogP contribution in [-0.2, 0) is 16.0 Å². The van der Waals surface area contributed by atoms with Crippen LogP contribution >= 0.6 is 0 Å². The molecule has 140 valence electrons. The second-order valence-electron chi connectivity index (χ2n) is 5.51. The third kappa shape index (κ3) is 10.9. The molecular weight excluding hydrogens is 338 g/mol. The normalized spacial score (nSPS) is 13.7. The number of nitrogens with one attached hydrogen (secondary N) is 1. The van der Waals surface area contributed by atoms with Crippen molar-refractivity contribution in [3.05, 3.63) is 109 Å². The van der Waals surface area contributed by atoms with Crippen molar-refractivity contribution in [1.82, 2.24) is 5.32 Å². The number of carbonyl (C=O) groups excluding carboxylic acids is 1. The van der Waals surface area contributed by atoms with Gasteiger partial charge in [-0.1, -0.05) is 97.2 Å². The lowest BCUT2D eigenvalue weighted by molar-refractivity contribution is -0.141. The van der Waals surface area contributed by atoms with Gasteiger partial charge in [-0.2, -0.15) is 0 Å². The van der Waals surface area contributed by atoms with Gasteiger partial charge in [0.05, 0.1) is 0 Å². The van der Waals surface area contributed by atoms with Crippen molar-refractivity contribution < 1.29 is 14.7 Å². The van der Waals surface area contributed by atoms with E-state index in [4.69, 9.17) is 0 Å². The molecule has 4 heteroatoms. The van der Waals surface area contributed by atoms with Gasteiger partial charge in [0.1, 0.15) is 6.04 Å². The Kier molecular flexibility index (Phi) is 11.1. The van der Waals surface area contributed by atoms with Crippen molar-refractivity contribution in [3.63, 3.8) is 0 Å². The molecule has 1 amide bonds. The number of allylic oxidation sites excluding steroid dienone is 11. The fourth-order valence-corrected chi connectivity index (χ4v) is 2.04. The Labute approximate surface area is 160 Å². The van der Waals surface area contributed by atoms with E-state index < -0.39 is 17.9 Å². The summed E-state index contributed by atoms with van der Waals surface area (Å²) in [5, 5.41) is 11.8. The van der Waals surface area contributed by atoms with Crippen LogP contribution in [0, 0.1) is 0 Å². The molecular formula is C23H25NO3. The lowest BCUT2D eigenvalue weighted by Crippen LogP contribution is -2.41. The summed E-state index contributed by atoms with van der Waals surface area (Å²) in [5.74, 6) is -1.50. The van der Waals surface area contributed by atoms with Crippen molar-refractivity contribution in [2.24, 2.45) is 0 Å². The Bertz CT molecular complexity index is 753. The van der Waals surface area contributed by atoms with Gasteiger partial charge in [0.25, 0.3) is 0 Å². The molecule has 1 rings (SSSR count). The molecule has 0 radical (unpaired) electrons. The van der Waals surface area contributed by atoms with Crippen molar-refractivity contribution in [3.8, 4) is 0 Å². The molecule has 0 aromatic heterocycles. The molecule has 0 saturated heterocycles. The van der Waals surface area contributed by atoms with Crippen LogP contribution in [0.15, 0.2) is 103 Å². The minimum atomic E-state index is -1.06.